The highest BCUT2D eigenvalue weighted by molar-refractivity contribution is 6.13. The van der Waals surface area contributed by atoms with Gasteiger partial charge in [-0.15, -0.1) is 0 Å². The van der Waals surface area contributed by atoms with Crippen LogP contribution in [0.4, 0.5) is 23.2 Å². The van der Waals surface area contributed by atoms with Crippen molar-refractivity contribution in [1.82, 2.24) is 9.47 Å². The minimum atomic E-state index is -4.42. The molecule has 1 fully saturated rings. The lowest BCUT2D eigenvalue weighted by atomic mass is 10.0. The van der Waals surface area contributed by atoms with Gasteiger partial charge in [0, 0.05) is 30.7 Å². The van der Waals surface area contributed by atoms with Gasteiger partial charge in [0.05, 0.1) is 29.5 Å². The van der Waals surface area contributed by atoms with Crippen LogP contribution in [0.15, 0.2) is 34.3 Å². The van der Waals surface area contributed by atoms with E-state index in [4.69, 9.17) is 5.73 Å². The number of halogens is 4. The van der Waals surface area contributed by atoms with E-state index >= 15 is 0 Å². The standard InChI is InChI=1S/C23H30F4N6/c1-2-3-8-32-9-7-19(17(24)13-32)31-18-5-4-6-20-16(18)10-21(33(20)14-23(25,26)27)22-29-12-15(11-28)30-22/h4-6,10,17,19,31H,2-3,7-9,11-14,28H2,1H3. The molecule has 1 aromatic heterocycles. The van der Waals surface area contributed by atoms with Crippen LogP contribution in [0.5, 0.6) is 0 Å². The Morgan fingerprint density at radius 2 is 2.09 bits per heavy atom. The van der Waals surface area contributed by atoms with E-state index in [2.05, 4.69) is 27.1 Å². The molecular weight excluding hydrogens is 436 g/mol. The number of alkyl halides is 4. The van der Waals surface area contributed by atoms with E-state index in [9.17, 15) is 17.6 Å². The molecule has 6 nitrogen and oxygen atoms in total. The van der Waals surface area contributed by atoms with Crippen LogP contribution in [-0.4, -0.2) is 72.1 Å². The number of benzene rings is 1. The van der Waals surface area contributed by atoms with Crippen LogP contribution < -0.4 is 11.1 Å². The number of amidine groups is 1. The van der Waals surface area contributed by atoms with Gasteiger partial charge in [0.1, 0.15) is 12.7 Å². The third-order valence-electron chi connectivity index (χ3n) is 6.22. The minimum Gasteiger partial charge on any atom is -0.379 e. The van der Waals surface area contributed by atoms with Crippen molar-refractivity contribution in [2.75, 3.05) is 38.0 Å². The van der Waals surface area contributed by atoms with Crippen LogP contribution >= 0.6 is 0 Å². The van der Waals surface area contributed by atoms with Gasteiger partial charge < -0.3 is 20.5 Å². The fourth-order valence-electron chi connectivity index (χ4n) is 4.50. The van der Waals surface area contributed by atoms with E-state index in [0.717, 1.165) is 25.9 Å². The molecule has 1 aromatic carbocycles. The second-order valence-corrected chi connectivity index (χ2v) is 8.70. The van der Waals surface area contributed by atoms with Crippen LogP contribution in [0.2, 0.25) is 0 Å². The highest BCUT2D eigenvalue weighted by Crippen LogP contribution is 2.32. The van der Waals surface area contributed by atoms with Gasteiger partial charge in [-0.3, -0.25) is 4.99 Å². The van der Waals surface area contributed by atoms with Crippen LogP contribution in [-0.2, 0) is 6.54 Å². The number of nitrogens with zero attached hydrogens (tertiary/aromatic N) is 4. The fourth-order valence-corrected chi connectivity index (χ4v) is 4.50. The largest absolute Gasteiger partial charge is 0.406 e. The lowest BCUT2D eigenvalue weighted by Crippen LogP contribution is -2.48. The summed E-state index contributed by atoms with van der Waals surface area (Å²) in [6.45, 7) is 3.47. The van der Waals surface area contributed by atoms with Gasteiger partial charge in [0.25, 0.3) is 0 Å². The SMILES string of the molecule is CCCCN1CCC(Nc2cccc3c2cc(C2=NCC(CN)=N2)n3CC(F)(F)F)C(F)C1. The Kier molecular flexibility index (Phi) is 7.04. The van der Waals surface area contributed by atoms with Crippen molar-refractivity contribution < 1.29 is 17.6 Å². The number of aliphatic imine (C=N–C) groups is 2. The second kappa shape index (κ2) is 9.80. The van der Waals surface area contributed by atoms with Gasteiger partial charge in [-0.2, -0.15) is 13.2 Å². The van der Waals surface area contributed by atoms with E-state index in [1.165, 1.54) is 4.57 Å². The summed E-state index contributed by atoms with van der Waals surface area (Å²) >= 11 is 0. The van der Waals surface area contributed by atoms with Crippen LogP contribution in [0, 0.1) is 0 Å². The Labute approximate surface area is 190 Å². The first-order chi connectivity index (χ1) is 15.8. The zero-order valence-electron chi connectivity index (χ0n) is 18.7. The maximum Gasteiger partial charge on any atom is 0.406 e. The predicted octanol–water partition coefficient (Wildman–Crippen LogP) is 3.99. The van der Waals surface area contributed by atoms with Crippen LogP contribution in [0.25, 0.3) is 10.9 Å². The van der Waals surface area contributed by atoms with Crippen molar-refractivity contribution in [1.29, 1.82) is 0 Å². The number of hydrogen-bond donors (Lipinski definition) is 2. The molecule has 10 heteroatoms. The topological polar surface area (TPSA) is 70.9 Å². The number of aromatic nitrogens is 1. The van der Waals surface area contributed by atoms with Crippen molar-refractivity contribution in [2.24, 2.45) is 15.7 Å². The Balaban J connectivity index is 1.64. The highest BCUT2D eigenvalue weighted by Gasteiger charge is 2.32. The lowest BCUT2D eigenvalue weighted by Gasteiger charge is -2.35. The second-order valence-electron chi connectivity index (χ2n) is 8.70. The van der Waals surface area contributed by atoms with E-state index in [0.29, 0.717) is 35.3 Å². The molecule has 2 aliphatic heterocycles. The number of fused-ring (bicyclic) bond motifs is 1. The zero-order chi connectivity index (χ0) is 23.6. The van der Waals surface area contributed by atoms with Gasteiger partial charge in [0.15, 0.2) is 5.84 Å². The average Bonchev–Trinajstić information content (AvgIpc) is 3.38. The summed E-state index contributed by atoms with van der Waals surface area (Å²) in [6, 6.07) is 6.38. The Hall–Kier alpha value is -2.46. The first-order valence-corrected chi connectivity index (χ1v) is 11.4. The molecule has 180 valence electrons. The number of nitrogens with two attached hydrogens (primary N) is 1. The molecule has 3 heterocycles. The maximum absolute atomic E-state index is 14.9. The molecule has 1 saturated heterocycles. The molecular formula is C23H30F4N6. The molecule has 0 radical (unpaired) electrons. The molecule has 0 amide bonds. The van der Waals surface area contributed by atoms with Crippen molar-refractivity contribution in [3.63, 3.8) is 0 Å². The number of anilines is 1. The number of likely N-dealkylation sites (tertiary alicyclic amines) is 1. The van der Waals surface area contributed by atoms with Crippen molar-refractivity contribution in [3.8, 4) is 0 Å². The molecule has 0 aliphatic carbocycles. The third-order valence-corrected chi connectivity index (χ3v) is 6.22. The number of piperidine rings is 1. The van der Waals surface area contributed by atoms with Crippen LogP contribution in [0.1, 0.15) is 31.9 Å². The molecule has 2 aliphatic rings. The normalized spacial score (nSPS) is 22.0. The fraction of sp³-hybridized carbons (Fsp3) is 0.565. The van der Waals surface area contributed by atoms with Gasteiger partial charge >= 0.3 is 6.18 Å². The Morgan fingerprint density at radius 1 is 1.27 bits per heavy atom. The average molecular weight is 467 g/mol. The van der Waals surface area contributed by atoms with Gasteiger partial charge in [-0.25, -0.2) is 9.38 Å². The zero-order valence-corrected chi connectivity index (χ0v) is 18.7. The minimum absolute atomic E-state index is 0.203. The molecule has 2 atom stereocenters. The van der Waals surface area contributed by atoms with Gasteiger partial charge in [-0.1, -0.05) is 19.4 Å². The quantitative estimate of drug-likeness (QED) is 0.578. The molecule has 2 unspecified atom stereocenters. The highest BCUT2D eigenvalue weighted by atomic mass is 19.4. The number of nitrogens with one attached hydrogen (secondary N) is 1. The Morgan fingerprint density at radius 3 is 2.76 bits per heavy atom. The summed E-state index contributed by atoms with van der Waals surface area (Å²) in [7, 11) is 0. The summed E-state index contributed by atoms with van der Waals surface area (Å²) in [4.78, 5) is 10.7. The monoisotopic (exact) mass is 466 g/mol. The van der Waals surface area contributed by atoms with Crippen molar-refractivity contribution in [3.05, 3.63) is 30.0 Å². The van der Waals surface area contributed by atoms with Crippen LogP contribution in [0.3, 0.4) is 0 Å². The van der Waals surface area contributed by atoms with Gasteiger partial charge in [0.2, 0.25) is 0 Å². The van der Waals surface area contributed by atoms with Crippen molar-refractivity contribution >= 4 is 28.1 Å². The van der Waals surface area contributed by atoms with Gasteiger partial charge in [-0.05, 0) is 37.6 Å². The van der Waals surface area contributed by atoms with E-state index in [1.807, 2.05) is 0 Å². The summed E-state index contributed by atoms with van der Waals surface area (Å²) in [5.41, 5.74) is 7.56. The molecule has 33 heavy (non-hydrogen) atoms. The maximum atomic E-state index is 14.9. The molecule has 0 spiro atoms. The number of rotatable bonds is 8. The number of unbranched alkanes of at least 4 members (excludes halogenated alkanes) is 1. The third kappa shape index (κ3) is 5.38. The van der Waals surface area contributed by atoms with E-state index in [-0.39, 0.29) is 24.6 Å². The first kappa shape index (κ1) is 23.7. The predicted molar refractivity (Wildman–Crippen MR) is 124 cm³/mol. The van der Waals surface area contributed by atoms with E-state index < -0.39 is 24.9 Å². The first-order valence-electron chi connectivity index (χ1n) is 11.4. The molecule has 2 aromatic rings. The molecule has 0 bridgehead atoms. The smallest absolute Gasteiger partial charge is 0.379 e. The Bertz CT molecular complexity index is 1040. The summed E-state index contributed by atoms with van der Waals surface area (Å²) < 4.78 is 56.4. The van der Waals surface area contributed by atoms with Crippen molar-refractivity contribution in [2.45, 2.75) is 51.1 Å². The summed E-state index contributed by atoms with van der Waals surface area (Å²) in [6.07, 6.45) is -2.74. The van der Waals surface area contributed by atoms with E-state index in [1.54, 1.807) is 24.3 Å². The summed E-state index contributed by atoms with van der Waals surface area (Å²) in [5, 5.41) is 3.87. The molecule has 0 saturated carbocycles. The number of hydrogen-bond acceptors (Lipinski definition) is 5. The molecule has 3 N–H and O–H groups in total. The summed E-state index contributed by atoms with van der Waals surface area (Å²) in [5.74, 6) is 0.245. The molecule has 4 rings (SSSR count). The lowest BCUT2D eigenvalue weighted by molar-refractivity contribution is -0.139.